The van der Waals surface area contributed by atoms with Crippen LogP contribution in [0.1, 0.15) is 30.9 Å². The molecule has 5 nitrogen and oxygen atoms in total. The Morgan fingerprint density at radius 3 is 2.23 bits per heavy atom. The lowest BCUT2D eigenvalue weighted by atomic mass is 10.1. The molecule has 0 aliphatic carbocycles. The summed E-state index contributed by atoms with van der Waals surface area (Å²) >= 11 is 0. The third-order valence-electron chi connectivity index (χ3n) is 3.91. The van der Waals surface area contributed by atoms with Crippen LogP contribution in [0.25, 0.3) is 0 Å². The molecule has 0 saturated carbocycles. The fourth-order valence-corrected chi connectivity index (χ4v) is 2.51. The van der Waals surface area contributed by atoms with Gasteiger partial charge in [-0.25, -0.2) is 0 Å². The average molecular weight is 354 g/mol. The molecule has 0 aliphatic heterocycles. The molecule has 0 bridgehead atoms. The van der Waals surface area contributed by atoms with Crippen LogP contribution in [0.4, 0.5) is 0 Å². The highest BCUT2D eigenvalue weighted by Gasteiger charge is 2.12. The third kappa shape index (κ3) is 6.97. The predicted molar refractivity (Wildman–Crippen MR) is 102 cm³/mol. The minimum atomic E-state index is -0.609. The van der Waals surface area contributed by atoms with Gasteiger partial charge in [0, 0.05) is 13.1 Å². The van der Waals surface area contributed by atoms with E-state index < -0.39 is 11.8 Å². The maximum atomic E-state index is 11.8. The van der Waals surface area contributed by atoms with Crippen LogP contribution in [0.3, 0.4) is 0 Å². The van der Waals surface area contributed by atoms with Gasteiger partial charge in [-0.05, 0) is 49.4 Å². The molecule has 0 aromatic heterocycles. The Morgan fingerprint density at radius 2 is 1.54 bits per heavy atom. The number of rotatable bonds is 9. The molecule has 2 N–H and O–H groups in total. The van der Waals surface area contributed by atoms with Gasteiger partial charge in [-0.1, -0.05) is 42.5 Å². The molecule has 2 aromatic rings. The van der Waals surface area contributed by atoms with Gasteiger partial charge < -0.3 is 15.4 Å². The van der Waals surface area contributed by atoms with Crippen molar-refractivity contribution in [1.29, 1.82) is 0 Å². The lowest BCUT2D eigenvalue weighted by Gasteiger charge is -2.08. The highest BCUT2D eigenvalue weighted by atomic mass is 16.5. The van der Waals surface area contributed by atoms with Crippen LogP contribution >= 0.6 is 0 Å². The number of hydrogen-bond acceptors (Lipinski definition) is 3. The minimum absolute atomic E-state index is 0.312. The number of carbonyl (C=O) groups excluding carboxylic acids is 2. The van der Waals surface area contributed by atoms with Crippen molar-refractivity contribution in [3.63, 3.8) is 0 Å². The van der Waals surface area contributed by atoms with E-state index in [0.717, 1.165) is 30.6 Å². The van der Waals surface area contributed by atoms with Crippen LogP contribution in [0.5, 0.6) is 5.75 Å². The third-order valence-corrected chi connectivity index (χ3v) is 3.91. The zero-order valence-electron chi connectivity index (χ0n) is 15.2. The zero-order chi connectivity index (χ0) is 18.6. The minimum Gasteiger partial charge on any atom is -0.494 e. The second kappa shape index (κ2) is 10.9. The molecule has 0 atom stereocenters. The summed E-state index contributed by atoms with van der Waals surface area (Å²) in [5.74, 6) is -0.409. The maximum Gasteiger partial charge on any atom is 0.309 e. The van der Waals surface area contributed by atoms with E-state index in [1.54, 1.807) is 0 Å². The summed E-state index contributed by atoms with van der Waals surface area (Å²) in [7, 11) is 0. The fraction of sp³-hybridized carbons (Fsp3) is 0.333. The van der Waals surface area contributed by atoms with Crippen molar-refractivity contribution in [1.82, 2.24) is 10.6 Å². The van der Waals surface area contributed by atoms with E-state index >= 15 is 0 Å². The first-order valence-corrected chi connectivity index (χ1v) is 9.00. The first-order chi connectivity index (χ1) is 12.7. The van der Waals surface area contributed by atoms with E-state index in [9.17, 15) is 9.59 Å². The summed E-state index contributed by atoms with van der Waals surface area (Å²) in [6.45, 7) is 3.35. The van der Waals surface area contributed by atoms with Gasteiger partial charge in [0.15, 0.2) is 0 Å². The highest BCUT2D eigenvalue weighted by molar-refractivity contribution is 6.35. The number of nitrogens with one attached hydrogen (secondary N) is 2. The molecule has 138 valence electrons. The van der Waals surface area contributed by atoms with E-state index in [1.807, 2.05) is 49.4 Å². The summed E-state index contributed by atoms with van der Waals surface area (Å²) < 4.78 is 5.37. The second-order valence-electron chi connectivity index (χ2n) is 5.96. The molecular formula is C21H26N2O3. The Balaban J connectivity index is 1.60. The Hall–Kier alpha value is -2.82. The molecule has 0 spiro atoms. The van der Waals surface area contributed by atoms with Gasteiger partial charge >= 0.3 is 11.8 Å². The lowest BCUT2D eigenvalue weighted by molar-refractivity contribution is -0.139. The van der Waals surface area contributed by atoms with E-state index in [2.05, 4.69) is 22.8 Å². The molecule has 0 heterocycles. The van der Waals surface area contributed by atoms with Crippen molar-refractivity contribution in [2.45, 2.75) is 32.7 Å². The molecule has 0 radical (unpaired) electrons. The molecule has 0 aliphatic rings. The molecule has 2 amide bonds. The number of hydrogen-bond donors (Lipinski definition) is 2. The molecule has 0 saturated heterocycles. The van der Waals surface area contributed by atoms with Gasteiger partial charge in [-0.15, -0.1) is 0 Å². The van der Waals surface area contributed by atoms with Gasteiger partial charge in [-0.2, -0.15) is 0 Å². The lowest BCUT2D eigenvalue weighted by Crippen LogP contribution is -2.39. The molecule has 5 heteroatoms. The predicted octanol–water partition coefficient (Wildman–Crippen LogP) is 2.84. The van der Waals surface area contributed by atoms with Gasteiger partial charge in [0.1, 0.15) is 5.75 Å². The number of ether oxygens (including phenoxy) is 1. The summed E-state index contributed by atoms with van der Waals surface area (Å²) in [5.41, 5.74) is 2.20. The SMILES string of the molecule is CCOc1ccc(CNC(=O)C(=O)NCCCCc2ccccc2)cc1. The number of benzene rings is 2. The molecule has 0 unspecified atom stereocenters. The van der Waals surface area contributed by atoms with Crippen LogP contribution in [0.2, 0.25) is 0 Å². The molecule has 26 heavy (non-hydrogen) atoms. The van der Waals surface area contributed by atoms with Crippen molar-refractivity contribution in [2.75, 3.05) is 13.2 Å². The van der Waals surface area contributed by atoms with Gasteiger partial charge in [0.2, 0.25) is 0 Å². The van der Waals surface area contributed by atoms with Crippen molar-refractivity contribution < 1.29 is 14.3 Å². The number of amides is 2. The van der Waals surface area contributed by atoms with E-state index in [1.165, 1.54) is 5.56 Å². The van der Waals surface area contributed by atoms with Crippen LogP contribution in [-0.2, 0) is 22.6 Å². The van der Waals surface area contributed by atoms with Gasteiger partial charge in [-0.3, -0.25) is 9.59 Å². The number of unbranched alkanes of at least 4 members (excludes halogenated alkanes) is 1. The molecule has 2 rings (SSSR count). The maximum absolute atomic E-state index is 11.8. The summed E-state index contributed by atoms with van der Waals surface area (Å²) in [4.78, 5) is 23.6. The average Bonchev–Trinajstić information content (AvgIpc) is 2.68. The topological polar surface area (TPSA) is 67.4 Å². The van der Waals surface area contributed by atoms with Crippen molar-refractivity contribution >= 4 is 11.8 Å². The Labute approximate surface area is 154 Å². The number of aryl methyl sites for hydroxylation is 1. The van der Waals surface area contributed by atoms with E-state index in [-0.39, 0.29) is 0 Å². The van der Waals surface area contributed by atoms with Crippen molar-refractivity contribution in [2.24, 2.45) is 0 Å². The van der Waals surface area contributed by atoms with Crippen LogP contribution in [0, 0.1) is 0 Å². The smallest absolute Gasteiger partial charge is 0.309 e. The largest absolute Gasteiger partial charge is 0.494 e. The molecule has 2 aromatic carbocycles. The normalized spacial score (nSPS) is 10.2. The first kappa shape index (κ1) is 19.5. The van der Waals surface area contributed by atoms with Crippen molar-refractivity contribution in [3.05, 3.63) is 65.7 Å². The molecular weight excluding hydrogens is 328 g/mol. The van der Waals surface area contributed by atoms with E-state index in [0.29, 0.717) is 19.7 Å². The van der Waals surface area contributed by atoms with Crippen molar-refractivity contribution in [3.8, 4) is 5.75 Å². The van der Waals surface area contributed by atoms with Gasteiger partial charge in [0.25, 0.3) is 0 Å². The van der Waals surface area contributed by atoms with Crippen LogP contribution in [0.15, 0.2) is 54.6 Å². The Morgan fingerprint density at radius 1 is 0.846 bits per heavy atom. The first-order valence-electron chi connectivity index (χ1n) is 9.00. The Bertz CT molecular complexity index is 684. The summed E-state index contributed by atoms with van der Waals surface area (Å²) in [6, 6.07) is 17.6. The van der Waals surface area contributed by atoms with Gasteiger partial charge in [0.05, 0.1) is 6.61 Å². The zero-order valence-corrected chi connectivity index (χ0v) is 15.2. The monoisotopic (exact) mass is 354 g/mol. The highest BCUT2D eigenvalue weighted by Crippen LogP contribution is 2.11. The summed E-state index contributed by atoms with van der Waals surface area (Å²) in [5, 5.41) is 5.28. The van der Waals surface area contributed by atoms with E-state index in [4.69, 9.17) is 4.74 Å². The second-order valence-corrected chi connectivity index (χ2v) is 5.96. The number of carbonyl (C=O) groups is 2. The quantitative estimate of drug-likeness (QED) is 0.537. The fourth-order valence-electron chi connectivity index (χ4n) is 2.51. The molecule has 0 fully saturated rings. The standard InChI is InChI=1S/C21H26N2O3/c1-2-26-19-13-11-18(12-14-19)16-23-21(25)20(24)22-15-7-6-10-17-8-4-3-5-9-17/h3-5,8-9,11-14H,2,6-7,10,15-16H2,1H3,(H,22,24)(H,23,25). The summed E-state index contributed by atoms with van der Waals surface area (Å²) in [6.07, 6.45) is 2.78. The Kier molecular flexibility index (Phi) is 8.19. The van der Waals surface area contributed by atoms with Crippen LogP contribution < -0.4 is 15.4 Å². The van der Waals surface area contributed by atoms with Crippen LogP contribution in [-0.4, -0.2) is 25.0 Å².